The largest absolute Gasteiger partial charge is 0.378 e. The summed E-state index contributed by atoms with van der Waals surface area (Å²) in [4.78, 5) is 2.53. The van der Waals surface area contributed by atoms with Crippen molar-refractivity contribution in [3.8, 4) is 0 Å². The van der Waals surface area contributed by atoms with E-state index in [-0.39, 0.29) is 6.04 Å². The molecule has 1 aliphatic heterocycles. The molecule has 0 bridgehead atoms. The smallest absolute Gasteiger partial charge is 0.0599 e. The molecule has 1 fully saturated rings. The van der Waals surface area contributed by atoms with E-state index < -0.39 is 0 Å². The fourth-order valence-electron chi connectivity index (χ4n) is 3.02. The second-order valence-corrected chi connectivity index (χ2v) is 5.87. The summed E-state index contributed by atoms with van der Waals surface area (Å²) < 4.78 is 5.70. The van der Waals surface area contributed by atoms with E-state index in [0.29, 0.717) is 12.0 Å². The first-order valence-electron chi connectivity index (χ1n) is 7.85. The summed E-state index contributed by atoms with van der Waals surface area (Å²) in [5.74, 6) is 0.473. The van der Waals surface area contributed by atoms with Crippen LogP contribution in [0.4, 0.5) is 0 Å². The minimum Gasteiger partial charge on any atom is -0.378 e. The Morgan fingerprint density at radius 2 is 1.90 bits per heavy atom. The van der Waals surface area contributed by atoms with Crippen LogP contribution in [0.5, 0.6) is 0 Å². The third kappa shape index (κ3) is 4.30. The molecule has 0 aromatic heterocycles. The van der Waals surface area contributed by atoms with Gasteiger partial charge in [0.1, 0.15) is 0 Å². The molecule has 0 spiro atoms. The summed E-state index contributed by atoms with van der Waals surface area (Å²) in [6.45, 7) is 8.52. The Morgan fingerprint density at radius 3 is 2.50 bits per heavy atom. The number of likely N-dealkylation sites (tertiary alicyclic amines) is 1. The number of piperidine rings is 1. The van der Waals surface area contributed by atoms with Crippen LogP contribution in [0.3, 0.4) is 0 Å². The van der Waals surface area contributed by atoms with Crippen LogP contribution < -0.4 is 5.73 Å². The quantitative estimate of drug-likeness (QED) is 0.868. The van der Waals surface area contributed by atoms with E-state index in [1.54, 1.807) is 0 Å². The van der Waals surface area contributed by atoms with Crippen molar-refractivity contribution in [1.29, 1.82) is 0 Å². The van der Waals surface area contributed by atoms with Crippen molar-refractivity contribution in [3.63, 3.8) is 0 Å². The molecule has 0 amide bonds. The first-order valence-corrected chi connectivity index (χ1v) is 7.85. The third-order valence-corrected chi connectivity index (χ3v) is 4.28. The minimum absolute atomic E-state index is 0.126. The third-order valence-electron chi connectivity index (χ3n) is 4.28. The number of benzene rings is 1. The number of hydrogen-bond acceptors (Lipinski definition) is 3. The van der Waals surface area contributed by atoms with Crippen LogP contribution in [0.2, 0.25) is 0 Å². The summed E-state index contributed by atoms with van der Waals surface area (Å²) in [6, 6.07) is 10.6. The number of nitrogens with zero attached hydrogens (tertiary/aromatic N) is 1. The van der Waals surface area contributed by atoms with Crippen LogP contribution in [0.15, 0.2) is 30.3 Å². The summed E-state index contributed by atoms with van der Waals surface area (Å²) in [6.07, 6.45) is 2.77. The van der Waals surface area contributed by atoms with Crippen molar-refractivity contribution in [1.82, 2.24) is 4.90 Å². The molecule has 0 aliphatic carbocycles. The van der Waals surface area contributed by atoms with Crippen LogP contribution in [-0.4, -0.2) is 37.2 Å². The van der Waals surface area contributed by atoms with Gasteiger partial charge in [-0.2, -0.15) is 0 Å². The molecule has 20 heavy (non-hydrogen) atoms. The van der Waals surface area contributed by atoms with Crippen LogP contribution in [0.1, 0.15) is 38.3 Å². The van der Waals surface area contributed by atoms with Gasteiger partial charge in [0.2, 0.25) is 0 Å². The first-order chi connectivity index (χ1) is 9.70. The van der Waals surface area contributed by atoms with Gasteiger partial charge < -0.3 is 15.4 Å². The zero-order valence-corrected chi connectivity index (χ0v) is 12.8. The monoisotopic (exact) mass is 276 g/mol. The number of hydrogen-bond donors (Lipinski definition) is 1. The van der Waals surface area contributed by atoms with Crippen molar-refractivity contribution in [2.24, 2.45) is 11.7 Å². The van der Waals surface area contributed by atoms with E-state index in [2.05, 4.69) is 43.0 Å². The van der Waals surface area contributed by atoms with Gasteiger partial charge in [-0.15, -0.1) is 0 Å². The molecule has 1 saturated heterocycles. The van der Waals surface area contributed by atoms with E-state index >= 15 is 0 Å². The second kappa shape index (κ2) is 7.77. The lowest BCUT2D eigenvalue weighted by molar-refractivity contribution is 0.0108. The van der Waals surface area contributed by atoms with Crippen LogP contribution in [0.25, 0.3) is 0 Å². The average molecular weight is 276 g/mol. The van der Waals surface area contributed by atoms with Gasteiger partial charge in [-0.25, -0.2) is 0 Å². The topological polar surface area (TPSA) is 38.5 Å². The lowest BCUT2D eigenvalue weighted by atomic mass is 9.94. The summed E-state index contributed by atoms with van der Waals surface area (Å²) in [7, 11) is 0. The van der Waals surface area contributed by atoms with E-state index in [1.807, 2.05) is 6.07 Å². The normalized spacial score (nSPS) is 20.8. The molecule has 2 rings (SSSR count). The summed E-state index contributed by atoms with van der Waals surface area (Å²) in [5.41, 5.74) is 7.62. The van der Waals surface area contributed by atoms with E-state index in [4.69, 9.17) is 10.5 Å². The SMILES string of the molecule is CCOC1CCN(CC(C)C(N)c2ccccc2)CC1. The molecule has 0 saturated carbocycles. The predicted octanol–water partition coefficient (Wildman–Crippen LogP) is 2.82. The highest BCUT2D eigenvalue weighted by Crippen LogP contribution is 2.22. The molecule has 2 unspecified atom stereocenters. The number of ether oxygens (including phenoxy) is 1. The van der Waals surface area contributed by atoms with Gasteiger partial charge in [-0.05, 0) is 31.2 Å². The number of nitrogens with two attached hydrogens (primary N) is 1. The maximum atomic E-state index is 6.38. The number of rotatable bonds is 6. The molecule has 3 heteroatoms. The molecule has 2 N–H and O–H groups in total. The van der Waals surface area contributed by atoms with E-state index in [1.165, 1.54) is 5.56 Å². The van der Waals surface area contributed by atoms with Gasteiger partial charge in [0.15, 0.2) is 0 Å². The van der Waals surface area contributed by atoms with Crippen molar-refractivity contribution in [2.75, 3.05) is 26.2 Å². The lowest BCUT2D eigenvalue weighted by Crippen LogP contribution is -2.41. The van der Waals surface area contributed by atoms with Gasteiger partial charge in [0.25, 0.3) is 0 Å². The van der Waals surface area contributed by atoms with Gasteiger partial charge in [-0.3, -0.25) is 0 Å². The predicted molar refractivity (Wildman–Crippen MR) is 83.6 cm³/mol. The maximum Gasteiger partial charge on any atom is 0.0599 e. The summed E-state index contributed by atoms with van der Waals surface area (Å²) >= 11 is 0. The molecule has 1 aromatic rings. The Kier molecular flexibility index (Phi) is 6.02. The Bertz CT molecular complexity index is 374. The van der Waals surface area contributed by atoms with Crippen LogP contribution in [0, 0.1) is 5.92 Å². The highest BCUT2D eigenvalue weighted by molar-refractivity contribution is 5.19. The molecule has 3 nitrogen and oxygen atoms in total. The van der Waals surface area contributed by atoms with Crippen LogP contribution >= 0.6 is 0 Å². The van der Waals surface area contributed by atoms with Crippen molar-refractivity contribution in [2.45, 2.75) is 38.8 Å². The molecule has 1 aliphatic rings. The Morgan fingerprint density at radius 1 is 1.25 bits per heavy atom. The van der Waals surface area contributed by atoms with Gasteiger partial charge in [0, 0.05) is 32.3 Å². The highest BCUT2D eigenvalue weighted by atomic mass is 16.5. The highest BCUT2D eigenvalue weighted by Gasteiger charge is 2.23. The standard InChI is InChI=1S/C17H28N2O/c1-3-20-16-9-11-19(12-10-16)13-14(2)17(18)15-7-5-4-6-8-15/h4-8,14,16-17H,3,9-13,18H2,1-2H3. The van der Waals surface area contributed by atoms with Gasteiger partial charge in [0.05, 0.1) is 6.10 Å². The van der Waals surface area contributed by atoms with Crippen LogP contribution in [-0.2, 0) is 4.74 Å². The Labute approximate surface area is 123 Å². The van der Waals surface area contributed by atoms with E-state index in [9.17, 15) is 0 Å². The van der Waals surface area contributed by atoms with Crippen molar-refractivity contribution < 1.29 is 4.74 Å². The molecule has 1 aromatic carbocycles. The molecule has 2 atom stereocenters. The minimum atomic E-state index is 0.126. The average Bonchev–Trinajstić information content (AvgIpc) is 2.49. The Hall–Kier alpha value is -0.900. The van der Waals surface area contributed by atoms with Crippen molar-refractivity contribution >= 4 is 0 Å². The van der Waals surface area contributed by atoms with Crippen molar-refractivity contribution in [3.05, 3.63) is 35.9 Å². The fourth-order valence-corrected chi connectivity index (χ4v) is 3.02. The molecule has 112 valence electrons. The van der Waals surface area contributed by atoms with Gasteiger partial charge >= 0.3 is 0 Å². The zero-order chi connectivity index (χ0) is 14.4. The van der Waals surface area contributed by atoms with Gasteiger partial charge in [-0.1, -0.05) is 37.3 Å². The molecule has 1 heterocycles. The molecular weight excluding hydrogens is 248 g/mol. The molecule has 0 radical (unpaired) electrons. The second-order valence-electron chi connectivity index (χ2n) is 5.87. The first kappa shape index (κ1) is 15.5. The summed E-state index contributed by atoms with van der Waals surface area (Å²) in [5, 5.41) is 0. The zero-order valence-electron chi connectivity index (χ0n) is 12.8. The lowest BCUT2D eigenvalue weighted by Gasteiger charge is -2.34. The Balaban J connectivity index is 1.79. The van der Waals surface area contributed by atoms with E-state index in [0.717, 1.165) is 39.1 Å². The maximum absolute atomic E-state index is 6.38. The fraction of sp³-hybridized carbons (Fsp3) is 0.647. The molecular formula is C17H28N2O.